The predicted octanol–water partition coefficient (Wildman–Crippen LogP) is 2.57. The zero-order chi connectivity index (χ0) is 8.65. The average molecular weight is 152 g/mol. The van der Waals surface area contributed by atoms with Crippen LogP contribution >= 0.6 is 0 Å². The molecule has 0 aromatic carbocycles. The Morgan fingerprint density at radius 3 is 2.45 bits per heavy atom. The minimum absolute atomic E-state index is 0.0804. The lowest BCUT2D eigenvalue weighted by atomic mass is 9.76. The van der Waals surface area contributed by atoms with Gasteiger partial charge in [0.05, 0.1) is 0 Å². The quantitative estimate of drug-likeness (QED) is 0.528. The maximum atomic E-state index is 11.1. The van der Waals surface area contributed by atoms with Crippen LogP contribution in [0.25, 0.3) is 0 Å². The fourth-order valence-corrected chi connectivity index (χ4v) is 1.79. The summed E-state index contributed by atoms with van der Waals surface area (Å²) in [6.07, 6.45) is 1.44. The zero-order valence-electron chi connectivity index (χ0n) is 7.61. The summed E-state index contributed by atoms with van der Waals surface area (Å²) in [7, 11) is 0. The maximum Gasteiger partial charge on any atom is 0.134 e. The predicted molar refractivity (Wildman–Crippen MR) is 46.3 cm³/mol. The van der Waals surface area contributed by atoms with Crippen molar-refractivity contribution in [2.45, 2.75) is 33.6 Å². The molecule has 0 aliphatic heterocycles. The van der Waals surface area contributed by atoms with E-state index in [-0.39, 0.29) is 5.41 Å². The standard InChI is InChI=1S/C10H16O/c1-7(2)10(4)6-9(11)5-8(10)3/h8H,1,5-6H2,2-4H3/t8-,10-/m0/s1. The maximum absolute atomic E-state index is 11.1. The van der Waals surface area contributed by atoms with Crippen molar-refractivity contribution in [3.63, 3.8) is 0 Å². The first-order valence-corrected chi connectivity index (χ1v) is 4.14. The van der Waals surface area contributed by atoms with Crippen LogP contribution in [0.5, 0.6) is 0 Å². The van der Waals surface area contributed by atoms with Gasteiger partial charge in [-0.25, -0.2) is 0 Å². The van der Waals surface area contributed by atoms with E-state index < -0.39 is 0 Å². The van der Waals surface area contributed by atoms with Gasteiger partial charge < -0.3 is 0 Å². The van der Waals surface area contributed by atoms with Crippen LogP contribution in [0.3, 0.4) is 0 Å². The number of carbonyl (C=O) groups excluding carboxylic acids is 1. The molecule has 1 saturated carbocycles. The smallest absolute Gasteiger partial charge is 0.134 e. The van der Waals surface area contributed by atoms with Gasteiger partial charge in [0.2, 0.25) is 0 Å². The largest absolute Gasteiger partial charge is 0.300 e. The first kappa shape index (κ1) is 8.51. The molecule has 0 bridgehead atoms. The third kappa shape index (κ3) is 1.24. The van der Waals surface area contributed by atoms with Crippen molar-refractivity contribution < 1.29 is 4.79 Å². The molecule has 0 aromatic heterocycles. The van der Waals surface area contributed by atoms with Crippen molar-refractivity contribution in [3.8, 4) is 0 Å². The van der Waals surface area contributed by atoms with E-state index >= 15 is 0 Å². The molecule has 0 radical (unpaired) electrons. The van der Waals surface area contributed by atoms with E-state index in [1.807, 2.05) is 6.92 Å². The van der Waals surface area contributed by atoms with Gasteiger partial charge in [0.1, 0.15) is 5.78 Å². The summed E-state index contributed by atoms with van der Waals surface area (Å²) in [5.41, 5.74) is 1.23. The SMILES string of the molecule is C=C(C)[C@]1(C)CC(=O)C[C@@H]1C. The van der Waals surface area contributed by atoms with E-state index in [0.717, 1.165) is 12.0 Å². The Labute approximate surface area is 68.5 Å². The normalized spacial score (nSPS) is 37.7. The third-order valence-electron chi connectivity index (χ3n) is 3.16. The van der Waals surface area contributed by atoms with Crippen molar-refractivity contribution >= 4 is 5.78 Å². The topological polar surface area (TPSA) is 17.1 Å². The Kier molecular flexibility index (Phi) is 1.91. The number of allylic oxidation sites excluding steroid dienone is 1. The van der Waals surface area contributed by atoms with Crippen LogP contribution in [0, 0.1) is 11.3 Å². The van der Waals surface area contributed by atoms with Crippen LogP contribution in [-0.2, 0) is 4.79 Å². The Morgan fingerprint density at radius 2 is 2.27 bits per heavy atom. The first-order chi connectivity index (χ1) is 4.97. The number of rotatable bonds is 1. The molecule has 2 atom stereocenters. The second kappa shape index (κ2) is 2.47. The van der Waals surface area contributed by atoms with Gasteiger partial charge in [0.15, 0.2) is 0 Å². The second-order valence-electron chi connectivity index (χ2n) is 4.02. The van der Waals surface area contributed by atoms with Gasteiger partial charge in [-0.1, -0.05) is 26.0 Å². The second-order valence-corrected chi connectivity index (χ2v) is 4.02. The molecule has 0 unspecified atom stereocenters. The minimum Gasteiger partial charge on any atom is -0.300 e. The molecular weight excluding hydrogens is 136 g/mol. The summed E-state index contributed by atoms with van der Waals surface area (Å²) in [4.78, 5) is 11.1. The van der Waals surface area contributed by atoms with E-state index in [1.54, 1.807) is 0 Å². The van der Waals surface area contributed by atoms with E-state index in [1.165, 1.54) is 0 Å². The van der Waals surface area contributed by atoms with Crippen LogP contribution in [0.2, 0.25) is 0 Å². The number of Topliss-reactive ketones (excluding diaryl/α,β-unsaturated/α-hetero) is 1. The van der Waals surface area contributed by atoms with Gasteiger partial charge in [-0.05, 0) is 18.3 Å². The molecular formula is C10H16O. The van der Waals surface area contributed by atoms with Crippen molar-refractivity contribution in [2.24, 2.45) is 11.3 Å². The van der Waals surface area contributed by atoms with Crippen molar-refractivity contribution in [3.05, 3.63) is 12.2 Å². The molecule has 0 amide bonds. The van der Waals surface area contributed by atoms with Gasteiger partial charge in [0.25, 0.3) is 0 Å². The molecule has 1 nitrogen and oxygen atoms in total. The highest BCUT2D eigenvalue weighted by Crippen LogP contribution is 2.45. The molecule has 1 aliphatic rings. The number of hydrogen-bond donors (Lipinski definition) is 0. The molecule has 62 valence electrons. The third-order valence-corrected chi connectivity index (χ3v) is 3.16. The molecule has 1 rings (SSSR count). The van der Waals surface area contributed by atoms with E-state index in [0.29, 0.717) is 18.1 Å². The van der Waals surface area contributed by atoms with Crippen LogP contribution in [-0.4, -0.2) is 5.78 Å². The molecule has 0 saturated heterocycles. The first-order valence-electron chi connectivity index (χ1n) is 4.14. The summed E-state index contributed by atoms with van der Waals surface area (Å²) in [5.74, 6) is 0.871. The lowest BCUT2D eigenvalue weighted by molar-refractivity contribution is -0.117. The van der Waals surface area contributed by atoms with E-state index in [9.17, 15) is 4.79 Å². The van der Waals surface area contributed by atoms with Gasteiger partial charge in [-0.3, -0.25) is 4.79 Å². The lowest BCUT2D eigenvalue weighted by Gasteiger charge is -2.28. The number of carbonyl (C=O) groups is 1. The fourth-order valence-electron chi connectivity index (χ4n) is 1.79. The van der Waals surface area contributed by atoms with Gasteiger partial charge in [-0.2, -0.15) is 0 Å². The monoisotopic (exact) mass is 152 g/mol. The molecule has 0 N–H and O–H groups in total. The minimum atomic E-state index is 0.0804. The molecule has 0 aromatic rings. The molecule has 0 spiro atoms. The molecule has 1 aliphatic carbocycles. The number of hydrogen-bond acceptors (Lipinski definition) is 1. The molecule has 1 fully saturated rings. The van der Waals surface area contributed by atoms with Crippen LogP contribution in [0.15, 0.2) is 12.2 Å². The van der Waals surface area contributed by atoms with Crippen molar-refractivity contribution in [2.75, 3.05) is 0 Å². The van der Waals surface area contributed by atoms with E-state index in [4.69, 9.17) is 0 Å². The lowest BCUT2D eigenvalue weighted by Crippen LogP contribution is -2.20. The highest BCUT2D eigenvalue weighted by Gasteiger charge is 2.40. The average Bonchev–Trinajstić information content (AvgIpc) is 2.08. The van der Waals surface area contributed by atoms with Crippen LogP contribution in [0.4, 0.5) is 0 Å². The Hall–Kier alpha value is -0.590. The summed E-state index contributed by atoms with van der Waals surface area (Å²) < 4.78 is 0. The van der Waals surface area contributed by atoms with Crippen LogP contribution < -0.4 is 0 Å². The molecule has 1 heteroatoms. The van der Waals surface area contributed by atoms with E-state index in [2.05, 4.69) is 20.4 Å². The molecule has 0 heterocycles. The summed E-state index contributed by atoms with van der Waals surface area (Å²) in [6.45, 7) is 10.2. The Morgan fingerprint density at radius 1 is 1.73 bits per heavy atom. The Bertz CT molecular complexity index is 205. The van der Waals surface area contributed by atoms with Crippen LogP contribution in [0.1, 0.15) is 33.6 Å². The van der Waals surface area contributed by atoms with Gasteiger partial charge in [-0.15, -0.1) is 0 Å². The van der Waals surface area contributed by atoms with Crippen molar-refractivity contribution in [1.82, 2.24) is 0 Å². The molecule has 11 heavy (non-hydrogen) atoms. The summed E-state index contributed by atoms with van der Waals surface area (Å²) >= 11 is 0. The fraction of sp³-hybridized carbons (Fsp3) is 0.700. The Balaban J connectivity index is 2.87. The summed E-state index contributed by atoms with van der Waals surface area (Å²) in [6, 6.07) is 0. The highest BCUT2D eigenvalue weighted by molar-refractivity contribution is 5.82. The number of ketones is 1. The van der Waals surface area contributed by atoms with Gasteiger partial charge in [0, 0.05) is 12.8 Å². The summed E-state index contributed by atoms with van der Waals surface area (Å²) in [5, 5.41) is 0. The van der Waals surface area contributed by atoms with Gasteiger partial charge >= 0.3 is 0 Å². The highest BCUT2D eigenvalue weighted by atomic mass is 16.1. The zero-order valence-corrected chi connectivity index (χ0v) is 7.61. The van der Waals surface area contributed by atoms with Crippen molar-refractivity contribution in [1.29, 1.82) is 0 Å².